The lowest BCUT2D eigenvalue weighted by Crippen LogP contribution is -2.46. The molecule has 2 aliphatic rings. The van der Waals surface area contributed by atoms with Gasteiger partial charge in [-0.3, -0.25) is 0 Å². The third-order valence-electron chi connectivity index (χ3n) is 4.79. The number of hydrogen-bond acceptors (Lipinski definition) is 3. The molecule has 6 heteroatoms. The van der Waals surface area contributed by atoms with Crippen LogP contribution in [0.15, 0.2) is 48.5 Å². The number of para-hydroxylation sites is 2. The second-order valence-electron chi connectivity index (χ2n) is 6.83. The first-order valence-electron chi connectivity index (χ1n) is 8.76. The van der Waals surface area contributed by atoms with Crippen LogP contribution in [0.5, 0.6) is 11.5 Å². The summed E-state index contributed by atoms with van der Waals surface area (Å²) in [6, 6.07) is 13.9. The van der Waals surface area contributed by atoms with Gasteiger partial charge in [-0.05, 0) is 36.2 Å². The summed E-state index contributed by atoms with van der Waals surface area (Å²) in [5, 5.41) is 3.02. The Hall–Kier alpha value is -2.76. The molecule has 1 heterocycles. The van der Waals surface area contributed by atoms with Crippen LogP contribution in [0.1, 0.15) is 17.9 Å². The zero-order chi connectivity index (χ0) is 18.1. The predicted molar refractivity (Wildman–Crippen MR) is 95.1 cm³/mol. The number of halogens is 1. The summed E-state index contributed by atoms with van der Waals surface area (Å²) in [7, 11) is 1.74. The summed E-state index contributed by atoms with van der Waals surface area (Å²) in [6.45, 7) is 0.852. The number of carbonyl (C=O) groups excluding carboxylic acids is 1. The molecule has 5 nitrogen and oxygen atoms in total. The van der Waals surface area contributed by atoms with Gasteiger partial charge >= 0.3 is 6.03 Å². The van der Waals surface area contributed by atoms with Crippen molar-refractivity contribution < 1.29 is 18.7 Å². The summed E-state index contributed by atoms with van der Waals surface area (Å²) in [5.74, 6) is 1.45. The van der Waals surface area contributed by atoms with E-state index in [9.17, 15) is 9.18 Å². The molecule has 26 heavy (non-hydrogen) atoms. The number of benzene rings is 2. The largest absolute Gasteiger partial charge is 0.486 e. The Labute approximate surface area is 151 Å². The van der Waals surface area contributed by atoms with E-state index in [1.807, 2.05) is 24.3 Å². The first kappa shape index (κ1) is 16.7. The number of rotatable bonds is 4. The fraction of sp³-hybridized carbons (Fsp3) is 0.350. The number of amides is 2. The Kier molecular flexibility index (Phi) is 4.41. The number of nitrogens with zero attached hydrogens (tertiary/aromatic N) is 1. The lowest BCUT2D eigenvalue weighted by molar-refractivity contribution is 0.0715. The van der Waals surface area contributed by atoms with Crippen LogP contribution in [0, 0.1) is 5.82 Å². The van der Waals surface area contributed by atoms with Crippen molar-refractivity contribution in [2.45, 2.75) is 24.5 Å². The van der Waals surface area contributed by atoms with Crippen molar-refractivity contribution in [2.75, 3.05) is 20.2 Å². The number of nitrogens with one attached hydrogen (secondary N) is 1. The van der Waals surface area contributed by atoms with Crippen molar-refractivity contribution in [3.05, 3.63) is 59.9 Å². The summed E-state index contributed by atoms with van der Waals surface area (Å²) >= 11 is 0. The van der Waals surface area contributed by atoms with Crippen LogP contribution in [0.4, 0.5) is 9.18 Å². The number of hydrogen-bond donors (Lipinski definition) is 1. The van der Waals surface area contributed by atoms with Gasteiger partial charge in [-0.25, -0.2) is 9.18 Å². The van der Waals surface area contributed by atoms with Gasteiger partial charge < -0.3 is 19.7 Å². The van der Waals surface area contributed by atoms with E-state index >= 15 is 0 Å². The van der Waals surface area contributed by atoms with Crippen molar-refractivity contribution in [1.82, 2.24) is 10.2 Å². The number of ether oxygens (including phenoxy) is 2. The molecular formula is C20H21FN2O3. The van der Waals surface area contributed by atoms with E-state index in [1.54, 1.807) is 24.1 Å². The molecule has 0 bridgehead atoms. The molecular weight excluding hydrogens is 335 g/mol. The molecule has 2 aromatic rings. The number of likely N-dealkylation sites (N-methyl/N-ethyl adjacent to an activating group) is 1. The lowest BCUT2D eigenvalue weighted by Gasteiger charge is -2.29. The molecule has 1 fully saturated rings. The summed E-state index contributed by atoms with van der Waals surface area (Å²) < 4.78 is 24.6. The van der Waals surface area contributed by atoms with Crippen molar-refractivity contribution in [3.63, 3.8) is 0 Å². The molecule has 0 aromatic heterocycles. The average Bonchev–Trinajstić information content (AvgIpc) is 3.41. The second-order valence-corrected chi connectivity index (χ2v) is 6.83. The first-order chi connectivity index (χ1) is 12.6. The molecule has 136 valence electrons. The van der Waals surface area contributed by atoms with Gasteiger partial charge in [-0.15, -0.1) is 0 Å². The maximum absolute atomic E-state index is 13.0. The van der Waals surface area contributed by atoms with E-state index in [0.29, 0.717) is 18.9 Å². The van der Waals surface area contributed by atoms with Crippen molar-refractivity contribution in [3.8, 4) is 11.5 Å². The molecule has 2 aromatic carbocycles. The zero-order valence-electron chi connectivity index (χ0n) is 14.5. The number of carbonyl (C=O) groups is 1. The lowest BCUT2D eigenvalue weighted by atomic mass is 10.1. The summed E-state index contributed by atoms with van der Waals surface area (Å²) in [4.78, 5) is 14.0. The Morgan fingerprint density at radius 2 is 1.92 bits per heavy atom. The van der Waals surface area contributed by atoms with E-state index in [4.69, 9.17) is 9.47 Å². The molecule has 1 aliphatic carbocycles. The van der Waals surface area contributed by atoms with E-state index in [0.717, 1.165) is 17.7 Å². The molecule has 1 aliphatic heterocycles. The fourth-order valence-electron chi connectivity index (χ4n) is 3.24. The molecule has 0 saturated heterocycles. The van der Waals surface area contributed by atoms with E-state index < -0.39 is 0 Å². The molecule has 0 spiro atoms. The van der Waals surface area contributed by atoms with Gasteiger partial charge in [0.25, 0.3) is 0 Å². The Morgan fingerprint density at radius 3 is 2.69 bits per heavy atom. The molecule has 2 amide bonds. The second kappa shape index (κ2) is 6.86. The van der Waals surface area contributed by atoms with Crippen LogP contribution < -0.4 is 14.8 Å². The molecule has 1 saturated carbocycles. The van der Waals surface area contributed by atoms with E-state index in [1.165, 1.54) is 12.1 Å². The normalized spacial score (nSPS) is 23.2. The maximum atomic E-state index is 13.0. The Balaban J connectivity index is 1.27. The highest BCUT2D eigenvalue weighted by Gasteiger charge is 2.40. The van der Waals surface area contributed by atoms with Crippen molar-refractivity contribution in [2.24, 2.45) is 0 Å². The van der Waals surface area contributed by atoms with Crippen molar-refractivity contribution >= 4 is 6.03 Å². The van der Waals surface area contributed by atoms with Crippen LogP contribution in [0.2, 0.25) is 0 Å². The van der Waals surface area contributed by atoms with Crippen molar-refractivity contribution in [1.29, 1.82) is 0 Å². The standard InChI is InChI=1S/C20H21FN2O3/c1-23(11-15-12-25-18-4-2-3-5-19(18)26-15)20(24)22-17-10-16(17)13-6-8-14(21)9-7-13/h2-9,15-17H,10-12H2,1H3,(H,22,24)/t15-,16+,17-/m1/s1. The molecule has 0 radical (unpaired) electrons. The minimum absolute atomic E-state index is 0.0969. The van der Waals surface area contributed by atoms with E-state index in [-0.39, 0.29) is 29.9 Å². The number of fused-ring (bicyclic) bond motifs is 1. The average molecular weight is 356 g/mol. The van der Waals surface area contributed by atoms with Gasteiger partial charge in [-0.1, -0.05) is 24.3 Å². The summed E-state index contributed by atoms with van der Waals surface area (Å²) in [5.41, 5.74) is 1.06. The SMILES string of the molecule is CN(C[C@@H]1COc2ccccc2O1)C(=O)N[C@@H]1C[C@H]1c1ccc(F)cc1. The number of urea groups is 1. The smallest absolute Gasteiger partial charge is 0.317 e. The van der Waals surface area contributed by atoms with Crippen LogP contribution in [-0.4, -0.2) is 43.3 Å². The Morgan fingerprint density at radius 1 is 1.19 bits per heavy atom. The van der Waals surface area contributed by atoms with E-state index in [2.05, 4.69) is 5.32 Å². The highest BCUT2D eigenvalue weighted by molar-refractivity contribution is 5.75. The third-order valence-corrected chi connectivity index (χ3v) is 4.79. The third kappa shape index (κ3) is 3.59. The van der Waals surface area contributed by atoms with Crippen LogP contribution in [0.3, 0.4) is 0 Å². The van der Waals surface area contributed by atoms with Gasteiger partial charge in [0.05, 0.1) is 6.54 Å². The molecule has 4 rings (SSSR count). The molecule has 0 unspecified atom stereocenters. The monoisotopic (exact) mass is 356 g/mol. The molecule has 3 atom stereocenters. The van der Waals surface area contributed by atoms with Crippen LogP contribution >= 0.6 is 0 Å². The maximum Gasteiger partial charge on any atom is 0.317 e. The highest BCUT2D eigenvalue weighted by Crippen LogP contribution is 2.40. The first-order valence-corrected chi connectivity index (χ1v) is 8.76. The fourth-order valence-corrected chi connectivity index (χ4v) is 3.24. The van der Waals surface area contributed by atoms with Crippen LogP contribution in [-0.2, 0) is 0 Å². The van der Waals surface area contributed by atoms with Gasteiger partial charge in [0.2, 0.25) is 0 Å². The minimum atomic E-state index is -0.244. The van der Waals surface area contributed by atoms with Gasteiger partial charge in [0.15, 0.2) is 17.6 Å². The van der Waals surface area contributed by atoms with Gasteiger partial charge in [-0.2, -0.15) is 0 Å². The van der Waals surface area contributed by atoms with Gasteiger partial charge in [0, 0.05) is 19.0 Å². The topological polar surface area (TPSA) is 50.8 Å². The van der Waals surface area contributed by atoms with Gasteiger partial charge in [0.1, 0.15) is 12.4 Å². The van der Waals surface area contributed by atoms with Crippen LogP contribution in [0.25, 0.3) is 0 Å². The zero-order valence-corrected chi connectivity index (χ0v) is 14.5. The minimum Gasteiger partial charge on any atom is -0.486 e. The summed E-state index contributed by atoms with van der Waals surface area (Å²) in [6.07, 6.45) is 0.675. The Bertz CT molecular complexity index is 796. The highest BCUT2D eigenvalue weighted by atomic mass is 19.1. The molecule has 1 N–H and O–H groups in total. The quantitative estimate of drug-likeness (QED) is 0.916. The predicted octanol–water partition coefficient (Wildman–Crippen LogP) is 3.16.